The lowest BCUT2D eigenvalue weighted by Crippen LogP contribution is -2.48. The zero-order chi connectivity index (χ0) is 13.0. The molecule has 1 amide bonds. The molecule has 0 aromatic heterocycles. The molecule has 0 aliphatic heterocycles. The highest BCUT2D eigenvalue weighted by molar-refractivity contribution is 5.85. The standard InChI is InChI=1S/C13H23NO3/c1-8(2)11(13(16)17)14-12(15)10-7-5-4-6-9(10)3/h8-11H,4-7H2,1-3H3,(H,14,15)(H,16,17)/t9-,10-,11-/m0/s1. The second kappa shape index (κ2) is 6.03. The van der Waals surface area contributed by atoms with Gasteiger partial charge in [-0.15, -0.1) is 0 Å². The minimum absolute atomic E-state index is 0.00986. The number of carboxylic acids is 1. The minimum atomic E-state index is -0.947. The van der Waals surface area contributed by atoms with Gasteiger partial charge in [0.05, 0.1) is 0 Å². The van der Waals surface area contributed by atoms with Crippen molar-refractivity contribution in [1.29, 1.82) is 0 Å². The molecule has 1 saturated carbocycles. The molecule has 1 aliphatic carbocycles. The summed E-state index contributed by atoms with van der Waals surface area (Å²) in [6.07, 6.45) is 4.20. The van der Waals surface area contributed by atoms with Crippen molar-refractivity contribution >= 4 is 11.9 Å². The molecule has 17 heavy (non-hydrogen) atoms. The summed E-state index contributed by atoms with van der Waals surface area (Å²) in [5.74, 6) is -0.764. The van der Waals surface area contributed by atoms with E-state index in [1.54, 1.807) is 0 Å². The zero-order valence-corrected chi connectivity index (χ0v) is 10.9. The van der Waals surface area contributed by atoms with Crippen LogP contribution >= 0.6 is 0 Å². The molecule has 0 aromatic carbocycles. The molecule has 98 valence electrons. The Hall–Kier alpha value is -1.06. The van der Waals surface area contributed by atoms with Crippen LogP contribution in [0.4, 0.5) is 0 Å². The van der Waals surface area contributed by atoms with Crippen LogP contribution in [-0.4, -0.2) is 23.0 Å². The minimum Gasteiger partial charge on any atom is -0.480 e. The highest BCUT2D eigenvalue weighted by Crippen LogP contribution is 2.29. The fourth-order valence-electron chi connectivity index (χ4n) is 2.48. The van der Waals surface area contributed by atoms with Gasteiger partial charge in [0.15, 0.2) is 0 Å². The molecule has 1 aliphatic rings. The number of carbonyl (C=O) groups is 2. The Morgan fingerprint density at radius 2 is 1.82 bits per heavy atom. The van der Waals surface area contributed by atoms with Gasteiger partial charge in [-0.25, -0.2) is 4.79 Å². The van der Waals surface area contributed by atoms with E-state index in [9.17, 15) is 9.59 Å². The van der Waals surface area contributed by atoms with Gasteiger partial charge in [-0.05, 0) is 24.7 Å². The number of rotatable bonds is 4. The van der Waals surface area contributed by atoms with Gasteiger partial charge < -0.3 is 10.4 Å². The average Bonchev–Trinajstić information content (AvgIpc) is 2.25. The number of amides is 1. The van der Waals surface area contributed by atoms with Crippen molar-refractivity contribution in [2.24, 2.45) is 17.8 Å². The lowest BCUT2D eigenvalue weighted by Gasteiger charge is -2.29. The Kier molecular flexibility index (Phi) is 4.97. The van der Waals surface area contributed by atoms with E-state index in [0.29, 0.717) is 5.92 Å². The molecule has 4 nitrogen and oxygen atoms in total. The van der Waals surface area contributed by atoms with Crippen LogP contribution in [0.5, 0.6) is 0 Å². The summed E-state index contributed by atoms with van der Waals surface area (Å²) in [5.41, 5.74) is 0. The third-order valence-corrected chi connectivity index (χ3v) is 3.68. The second-order valence-corrected chi connectivity index (χ2v) is 5.44. The third kappa shape index (κ3) is 3.72. The summed E-state index contributed by atoms with van der Waals surface area (Å²) in [4.78, 5) is 23.1. The molecule has 1 rings (SSSR count). The number of aliphatic carboxylic acids is 1. The molecule has 0 heterocycles. The lowest BCUT2D eigenvalue weighted by atomic mass is 9.79. The molecule has 4 heteroatoms. The molecule has 0 aromatic rings. The number of carboxylic acid groups (broad SMARTS) is 1. The predicted octanol–water partition coefficient (Wildman–Crippen LogP) is 2.04. The van der Waals surface area contributed by atoms with E-state index >= 15 is 0 Å². The fraction of sp³-hybridized carbons (Fsp3) is 0.846. The van der Waals surface area contributed by atoms with Gasteiger partial charge in [0.1, 0.15) is 6.04 Å². The summed E-state index contributed by atoms with van der Waals surface area (Å²) < 4.78 is 0. The van der Waals surface area contributed by atoms with Crippen LogP contribution in [0.2, 0.25) is 0 Å². The molecule has 0 saturated heterocycles. The molecule has 3 atom stereocenters. The Morgan fingerprint density at radius 1 is 1.24 bits per heavy atom. The Morgan fingerprint density at radius 3 is 2.29 bits per heavy atom. The highest BCUT2D eigenvalue weighted by atomic mass is 16.4. The summed E-state index contributed by atoms with van der Waals surface area (Å²) in [6.45, 7) is 5.70. The van der Waals surface area contributed by atoms with E-state index in [4.69, 9.17) is 5.11 Å². The van der Waals surface area contributed by atoms with Crippen molar-refractivity contribution < 1.29 is 14.7 Å². The normalized spacial score (nSPS) is 26.6. The van der Waals surface area contributed by atoms with E-state index in [0.717, 1.165) is 19.3 Å². The Labute approximate surface area is 103 Å². The van der Waals surface area contributed by atoms with Gasteiger partial charge in [-0.2, -0.15) is 0 Å². The van der Waals surface area contributed by atoms with Gasteiger partial charge >= 0.3 is 5.97 Å². The molecule has 0 unspecified atom stereocenters. The van der Waals surface area contributed by atoms with E-state index in [-0.39, 0.29) is 17.7 Å². The van der Waals surface area contributed by atoms with Gasteiger partial charge in [0, 0.05) is 5.92 Å². The topological polar surface area (TPSA) is 66.4 Å². The number of carbonyl (C=O) groups excluding carboxylic acids is 1. The first kappa shape index (κ1) is 14.0. The monoisotopic (exact) mass is 241 g/mol. The van der Waals surface area contributed by atoms with Crippen LogP contribution in [0.15, 0.2) is 0 Å². The smallest absolute Gasteiger partial charge is 0.326 e. The molecule has 1 fully saturated rings. The van der Waals surface area contributed by atoms with E-state index in [1.807, 2.05) is 13.8 Å². The van der Waals surface area contributed by atoms with Crippen LogP contribution in [0, 0.1) is 17.8 Å². The Balaban J connectivity index is 2.60. The Bertz CT molecular complexity index is 288. The van der Waals surface area contributed by atoms with Crippen LogP contribution in [-0.2, 0) is 9.59 Å². The van der Waals surface area contributed by atoms with Crippen LogP contribution < -0.4 is 5.32 Å². The van der Waals surface area contributed by atoms with Gasteiger partial charge in [-0.3, -0.25) is 4.79 Å². The van der Waals surface area contributed by atoms with E-state index in [2.05, 4.69) is 12.2 Å². The SMILES string of the molecule is CC(C)[C@H](NC(=O)[C@H]1CCCC[C@@H]1C)C(=O)O. The highest BCUT2D eigenvalue weighted by Gasteiger charge is 2.31. The molecule has 0 spiro atoms. The van der Waals surface area contributed by atoms with Crippen molar-refractivity contribution in [1.82, 2.24) is 5.32 Å². The van der Waals surface area contributed by atoms with Crippen molar-refractivity contribution in [3.05, 3.63) is 0 Å². The lowest BCUT2D eigenvalue weighted by molar-refractivity contribution is -0.144. The average molecular weight is 241 g/mol. The molecule has 2 N–H and O–H groups in total. The summed E-state index contributed by atoms with van der Waals surface area (Å²) in [5, 5.41) is 11.7. The molecule has 0 radical (unpaired) electrons. The third-order valence-electron chi connectivity index (χ3n) is 3.68. The first-order chi connectivity index (χ1) is 7.93. The maximum absolute atomic E-state index is 12.1. The summed E-state index contributed by atoms with van der Waals surface area (Å²) in [7, 11) is 0. The quantitative estimate of drug-likeness (QED) is 0.791. The van der Waals surface area contributed by atoms with Crippen molar-refractivity contribution in [2.45, 2.75) is 52.5 Å². The predicted molar refractivity (Wildman–Crippen MR) is 65.5 cm³/mol. The number of hydrogen-bond acceptors (Lipinski definition) is 2. The molecule has 0 bridgehead atoms. The van der Waals surface area contributed by atoms with E-state index in [1.165, 1.54) is 6.42 Å². The first-order valence-corrected chi connectivity index (χ1v) is 6.46. The van der Waals surface area contributed by atoms with E-state index < -0.39 is 12.0 Å². The van der Waals surface area contributed by atoms with Crippen LogP contribution in [0.3, 0.4) is 0 Å². The molecular formula is C13H23NO3. The van der Waals surface area contributed by atoms with Crippen LogP contribution in [0.1, 0.15) is 46.5 Å². The first-order valence-electron chi connectivity index (χ1n) is 6.46. The van der Waals surface area contributed by atoms with Gasteiger partial charge in [-0.1, -0.05) is 33.6 Å². The fourth-order valence-corrected chi connectivity index (χ4v) is 2.48. The zero-order valence-electron chi connectivity index (χ0n) is 10.9. The van der Waals surface area contributed by atoms with Crippen LogP contribution in [0.25, 0.3) is 0 Å². The second-order valence-electron chi connectivity index (χ2n) is 5.44. The largest absolute Gasteiger partial charge is 0.480 e. The summed E-state index contributed by atoms with van der Waals surface area (Å²) >= 11 is 0. The number of nitrogens with one attached hydrogen (secondary N) is 1. The van der Waals surface area contributed by atoms with Gasteiger partial charge in [0.2, 0.25) is 5.91 Å². The molecular weight excluding hydrogens is 218 g/mol. The van der Waals surface area contributed by atoms with Crippen molar-refractivity contribution in [3.63, 3.8) is 0 Å². The summed E-state index contributed by atoms with van der Waals surface area (Å²) in [6, 6.07) is -0.767. The van der Waals surface area contributed by atoms with Crippen molar-refractivity contribution in [3.8, 4) is 0 Å². The maximum atomic E-state index is 12.1. The van der Waals surface area contributed by atoms with Gasteiger partial charge in [0.25, 0.3) is 0 Å². The number of hydrogen-bond donors (Lipinski definition) is 2. The maximum Gasteiger partial charge on any atom is 0.326 e. The van der Waals surface area contributed by atoms with Crippen molar-refractivity contribution in [2.75, 3.05) is 0 Å².